The average Bonchev–Trinajstić information content (AvgIpc) is 3.13. The van der Waals surface area contributed by atoms with Crippen LogP contribution >= 0.6 is 0 Å². The molecule has 4 rings (SSSR count). The zero-order valence-electron chi connectivity index (χ0n) is 20.8. The molecule has 0 unspecified atom stereocenters. The summed E-state index contributed by atoms with van der Waals surface area (Å²) in [5.41, 5.74) is 2.04. The topological polar surface area (TPSA) is 159 Å². The Morgan fingerprint density at radius 3 is 2.17 bits per heavy atom. The molecule has 0 radical (unpaired) electrons. The molecule has 2 fully saturated rings. The van der Waals surface area contributed by atoms with Crippen LogP contribution in [-0.2, 0) is 4.79 Å². The highest BCUT2D eigenvalue weighted by atomic mass is 16.4. The SMILES string of the molecule is C#C[C@]1(O)CC[C@H]2[C@@H]3[C@H](C)CC4=C(CCC(=O)C4)[C@H]3CC[C@@]21C.OC[C@@H](O)[C@@H](O)[C@H](O)[C@H](O)CO. The van der Waals surface area contributed by atoms with Gasteiger partial charge in [-0.15, -0.1) is 6.42 Å². The molecule has 0 aliphatic heterocycles. The Morgan fingerprint density at radius 1 is 1.03 bits per heavy atom. The zero-order chi connectivity index (χ0) is 26.1. The lowest BCUT2D eigenvalue weighted by Crippen LogP contribution is -2.52. The van der Waals surface area contributed by atoms with Crippen LogP contribution in [-0.4, -0.2) is 84.8 Å². The Morgan fingerprint density at radius 2 is 1.63 bits per heavy atom. The fourth-order valence-electron chi connectivity index (χ4n) is 7.39. The number of terminal acetylenes is 1. The molecule has 0 bridgehead atoms. The van der Waals surface area contributed by atoms with Gasteiger partial charge in [0.2, 0.25) is 0 Å². The first kappa shape index (κ1) is 28.3. The van der Waals surface area contributed by atoms with Crippen molar-refractivity contribution in [3.8, 4) is 12.3 Å². The van der Waals surface area contributed by atoms with Crippen molar-refractivity contribution in [2.75, 3.05) is 13.2 Å². The number of aliphatic hydroxyl groups excluding tert-OH is 6. The van der Waals surface area contributed by atoms with Crippen molar-refractivity contribution in [3.63, 3.8) is 0 Å². The number of carbonyl (C=O) groups excluding carboxylic acids is 1. The summed E-state index contributed by atoms with van der Waals surface area (Å²) >= 11 is 0. The van der Waals surface area contributed by atoms with Gasteiger partial charge in [0, 0.05) is 18.3 Å². The van der Waals surface area contributed by atoms with Crippen molar-refractivity contribution in [1.82, 2.24) is 0 Å². The van der Waals surface area contributed by atoms with Crippen molar-refractivity contribution < 1.29 is 40.5 Å². The summed E-state index contributed by atoms with van der Waals surface area (Å²) in [6, 6.07) is 0. The van der Waals surface area contributed by atoms with Gasteiger partial charge in [-0.1, -0.05) is 30.9 Å². The molecule has 0 aromatic heterocycles. The number of hydrogen-bond donors (Lipinski definition) is 7. The minimum absolute atomic E-state index is 0.125. The van der Waals surface area contributed by atoms with Crippen molar-refractivity contribution in [1.29, 1.82) is 0 Å². The van der Waals surface area contributed by atoms with Crippen LogP contribution in [0.5, 0.6) is 0 Å². The second-order valence-electron chi connectivity index (χ2n) is 11.3. The Labute approximate surface area is 207 Å². The Hall–Kier alpha value is -1.31. The molecule has 10 atom stereocenters. The van der Waals surface area contributed by atoms with E-state index in [1.54, 1.807) is 5.57 Å². The van der Waals surface area contributed by atoms with E-state index in [-0.39, 0.29) is 5.41 Å². The van der Waals surface area contributed by atoms with E-state index in [0.717, 1.165) is 44.9 Å². The van der Waals surface area contributed by atoms with Crippen LogP contribution < -0.4 is 0 Å². The molecule has 2 saturated carbocycles. The summed E-state index contributed by atoms with van der Waals surface area (Å²) in [7, 11) is 0. The average molecular weight is 495 g/mol. The molecular weight excluding hydrogens is 452 g/mol. The Balaban J connectivity index is 0.000000245. The molecule has 0 amide bonds. The van der Waals surface area contributed by atoms with E-state index in [1.807, 2.05) is 0 Å². The molecule has 8 nitrogen and oxygen atoms in total. The molecule has 0 saturated heterocycles. The van der Waals surface area contributed by atoms with E-state index >= 15 is 0 Å². The van der Waals surface area contributed by atoms with Crippen molar-refractivity contribution >= 4 is 5.78 Å². The van der Waals surface area contributed by atoms with Crippen LogP contribution in [0.1, 0.15) is 65.2 Å². The third kappa shape index (κ3) is 5.10. The maximum atomic E-state index is 11.9. The van der Waals surface area contributed by atoms with E-state index in [1.165, 1.54) is 5.57 Å². The van der Waals surface area contributed by atoms with Gasteiger partial charge < -0.3 is 35.7 Å². The van der Waals surface area contributed by atoms with E-state index in [9.17, 15) is 9.90 Å². The number of Topliss-reactive ketones (excluding diaryl/α,β-unsaturated/α-hetero) is 1. The lowest BCUT2D eigenvalue weighted by molar-refractivity contribution is -0.123. The molecule has 4 aliphatic carbocycles. The first-order valence-electron chi connectivity index (χ1n) is 12.8. The van der Waals surface area contributed by atoms with Gasteiger partial charge in [-0.05, 0) is 62.2 Å². The molecule has 198 valence electrons. The molecule has 8 heteroatoms. The predicted molar refractivity (Wildman–Crippen MR) is 129 cm³/mol. The van der Waals surface area contributed by atoms with Crippen LogP contribution in [0.15, 0.2) is 11.1 Å². The highest BCUT2D eigenvalue weighted by Crippen LogP contribution is 2.65. The summed E-state index contributed by atoms with van der Waals surface area (Å²) in [6.45, 7) is 3.15. The standard InChI is InChI=1S/C21H28O2.C6H14O6/c1-4-21(23)10-8-18-19-13(2)11-14-12-15(22)5-6-16(14)17(19)7-9-20(18,21)3;7-1-3(9)5(11)6(12)4(10)2-8/h1,13,17-19,23H,5-12H2,2-3H3;3-12H,1-2H2/t13-,17-,18+,19-,20+,21+;3-,4-,5-,6-/m11/s1. The van der Waals surface area contributed by atoms with Crippen LogP contribution in [0, 0.1) is 41.4 Å². The number of rotatable bonds is 5. The Kier molecular flexibility index (Phi) is 8.86. The first-order chi connectivity index (χ1) is 16.4. The number of aliphatic hydroxyl groups is 7. The summed E-state index contributed by atoms with van der Waals surface area (Å²) < 4.78 is 0. The third-order valence-corrected chi connectivity index (χ3v) is 9.45. The maximum absolute atomic E-state index is 11.9. The number of allylic oxidation sites excluding steroid dienone is 2. The first-order valence-corrected chi connectivity index (χ1v) is 12.8. The normalized spacial score (nSPS) is 39.7. The van der Waals surface area contributed by atoms with Gasteiger partial charge in [-0.25, -0.2) is 0 Å². The number of hydrogen-bond acceptors (Lipinski definition) is 8. The predicted octanol–water partition coefficient (Wildman–Crippen LogP) is 0.297. The number of fused-ring (bicyclic) bond motifs is 4. The highest BCUT2D eigenvalue weighted by Gasteiger charge is 2.62. The van der Waals surface area contributed by atoms with Gasteiger partial charge in [-0.3, -0.25) is 4.79 Å². The monoisotopic (exact) mass is 494 g/mol. The minimum Gasteiger partial charge on any atom is -0.394 e. The minimum atomic E-state index is -1.67. The fourth-order valence-corrected chi connectivity index (χ4v) is 7.39. The lowest BCUT2D eigenvalue weighted by atomic mass is 9.50. The van der Waals surface area contributed by atoms with Crippen LogP contribution in [0.4, 0.5) is 0 Å². The summed E-state index contributed by atoms with van der Waals surface area (Å²) in [5.74, 6) is 5.60. The smallest absolute Gasteiger partial charge is 0.137 e. The molecule has 0 spiro atoms. The molecule has 35 heavy (non-hydrogen) atoms. The van der Waals surface area contributed by atoms with Crippen LogP contribution in [0.25, 0.3) is 0 Å². The highest BCUT2D eigenvalue weighted by molar-refractivity contribution is 5.82. The van der Waals surface area contributed by atoms with Crippen molar-refractivity contribution in [3.05, 3.63) is 11.1 Å². The van der Waals surface area contributed by atoms with Crippen molar-refractivity contribution in [2.24, 2.45) is 29.1 Å². The Bertz CT molecular complexity index is 835. The number of carbonyl (C=O) groups is 1. The summed E-state index contributed by atoms with van der Waals surface area (Å²) in [4.78, 5) is 11.9. The third-order valence-electron chi connectivity index (χ3n) is 9.45. The largest absolute Gasteiger partial charge is 0.394 e. The van der Waals surface area contributed by atoms with Crippen LogP contribution in [0.2, 0.25) is 0 Å². The molecule has 0 aromatic rings. The number of ketones is 1. The summed E-state index contributed by atoms with van der Waals surface area (Å²) in [5, 5.41) is 63.2. The molecule has 7 N–H and O–H groups in total. The molecule has 0 aromatic carbocycles. The van der Waals surface area contributed by atoms with Crippen LogP contribution in [0.3, 0.4) is 0 Å². The van der Waals surface area contributed by atoms with Gasteiger partial charge in [-0.2, -0.15) is 0 Å². The molecule has 0 heterocycles. The van der Waals surface area contributed by atoms with E-state index in [2.05, 4.69) is 19.8 Å². The van der Waals surface area contributed by atoms with Gasteiger partial charge in [0.05, 0.1) is 13.2 Å². The summed E-state index contributed by atoms with van der Waals surface area (Å²) in [6.07, 6.45) is 6.85. The van der Waals surface area contributed by atoms with E-state index in [4.69, 9.17) is 37.1 Å². The van der Waals surface area contributed by atoms with Gasteiger partial charge in [0.15, 0.2) is 0 Å². The maximum Gasteiger partial charge on any atom is 0.137 e. The van der Waals surface area contributed by atoms with E-state index < -0.39 is 43.2 Å². The lowest BCUT2D eigenvalue weighted by Gasteiger charge is -2.55. The van der Waals surface area contributed by atoms with Gasteiger partial charge >= 0.3 is 0 Å². The van der Waals surface area contributed by atoms with Gasteiger partial charge in [0.25, 0.3) is 0 Å². The molecule has 4 aliphatic rings. The zero-order valence-corrected chi connectivity index (χ0v) is 20.8. The fraction of sp³-hybridized carbons (Fsp3) is 0.815. The molecular formula is C27H42O8. The second kappa shape index (κ2) is 11.0. The quantitative estimate of drug-likeness (QED) is 0.212. The van der Waals surface area contributed by atoms with Gasteiger partial charge in [0.1, 0.15) is 35.8 Å². The van der Waals surface area contributed by atoms with E-state index in [0.29, 0.717) is 35.9 Å². The van der Waals surface area contributed by atoms with Crippen molar-refractivity contribution in [2.45, 2.75) is 95.2 Å². The second-order valence-corrected chi connectivity index (χ2v) is 11.3.